The minimum Gasteiger partial charge on any atom is -0.340 e. The highest BCUT2D eigenvalue weighted by atomic mass is 16.2. The predicted octanol–water partition coefficient (Wildman–Crippen LogP) is 2.68. The van der Waals surface area contributed by atoms with E-state index in [1.54, 1.807) is 13.1 Å². The van der Waals surface area contributed by atoms with Crippen LogP contribution in [0.25, 0.3) is 0 Å². The number of urea groups is 1. The van der Waals surface area contributed by atoms with Crippen molar-refractivity contribution >= 4 is 17.6 Å². The topological polar surface area (TPSA) is 77.6 Å². The van der Waals surface area contributed by atoms with E-state index in [2.05, 4.69) is 45.6 Å². The third kappa shape index (κ3) is 6.29. The highest BCUT2D eigenvalue weighted by molar-refractivity contribution is 5.88. The predicted molar refractivity (Wildman–Crippen MR) is 114 cm³/mol. The average molecular weight is 396 g/mol. The smallest absolute Gasteiger partial charge is 0.319 e. The van der Waals surface area contributed by atoms with Crippen molar-refractivity contribution in [1.82, 2.24) is 20.1 Å². The van der Waals surface area contributed by atoms with Gasteiger partial charge in [-0.2, -0.15) is 0 Å². The van der Waals surface area contributed by atoms with Crippen LogP contribution in [0.5, 0.6) is 0 Å². The van der Waals surface area contributed by atoms with Crippen molar-refractivity contribution in [3.8, 4) is 0 Å². The van der Waals surface area contributed by atoms with Crippen LogP contribution in [0.2, 0.25) is 0 Å². The molecule has 1 saturated heterocycles. The molecule has 0 atom stereocenters. The van der Waals surface area contributed by atoms with Gasteiger partial charge in [-0.15, -0.1) is 0 Å². The summed E-state index contributed by atoms with van der Waals surface area (Å²) in [6, 6.07) is 9.85. The van der Waals surface area contributed by atoms with Crippen LogP contribution >= 0.6 is 0 Å². The van der Waals surface area contributed by atoms with Crippen LogP contribution < -0.4 is 10.6 Å². The van der Waals surface area contributed by atoms with Gasteiger partial charge in [-0.25, -0.2) is 4.79 Å². The lowest BCUT2D eigenvalue weighted by atomic mass is 10.1. The second-order valence-corrected chi connectivity index (χ2v) is 7.61. The lowest BCUT2D eigenvalue weighted by Gasteiger charge is -2.34. The van der Waals surface area contributed by atoms with E-state index >= 15 is 0 Å². The van der Waals surface area contributed by atoms with Crippen LogP contribution in [0, 0.1) is 13.8 Å². The molecule has 29 heavy (non-hydrogen) atoms. The number of hydrogen-bond donors (Lipinski definition) is 2. The van der Waals surface area contributed by atoms with Crippen molar-refractivity contribution in [2.45, 2.75) is 33.9 Å². The molecule has 0 radical (unpaired) electrons. The van der Waals surface area contributed by atoms with Gasteiger partial charge in [0, 0.05) is 51.9 Å². The van der Waals surface area contributed by atoms with Gasteiger partial charge in [-0.3, -0.25) is 14.7 Å². The maximum absolute atomic E-state index is 12.2. The number of nitrogens with one attached hydrogen (secondary N) is 2. The fourth-order valence-corrected chi connectivity index (χ4v) is 3.52. The Morgan fingerprint density at radius 1 is 1.03 bits per heavy atom. The Labute approximate surface area is 172 Å². The summed E-state index contributed by atoms with van der Waals surface area (Å²) in [5.74, 6) is 0.147. The molecule has 0 spiro atoms. The summed E-state index contributed by atoms with van der Waals surface area (Å²) in [5, 5.41) is 5.70. The standard InChI is InChI=1S/C22H29N5O2/c1-16-10-19(13-24-22(29)25-21-5-4-17(2)23-14-21)12-20(11-16)15-26-6-8-27(9-7-26)18(3)28/h4-5,10-12,14H,6-9,13,15H2,1-3H3,(H2,24,25,29). The highest BCUT2D eigenvalue weighted by Gasteiger charge is 2.18. The Hall–Kier alpha value is -2.93. The first-order valence-electron chi connectivity index (χ1n) is 9.94. The van der Waals surface area contributed by atoms with Crippen LogP contribution in [0.1, 0.15) is 29.3 Å². The van der Waals surface area contributed by atoms with E-state index in [1.807, 2.05) is 24.0 Å². The average Bonchev–Trinajstić information content (AvgIpc) is 2.68. The van der Waals surface area contributed by atoms with Crippen LogP contribution in [-0.4, -0.2) is 52.9 Å². The highest BCUT2D eigenvalue weighted by Crippen LogP contribution is 2.14. The number of hydrogen-bond acceptors (Lipinski definition) is 4. The van der Waals surface area contributed by atoms with Crippen molar-refractivity contribution < 1.29 is 9.59 Å². The Bertz CT molecular complexity index is 858. The zero-order valence-electron chi connectivity index (χ0n) is 17.4. The zero-order valence-corrected chi connectivity index (χ0v) is 17.4. The van der Waals surface area contributed by atoms with Crippen molar-refractivity contribution in [1.29, 1.82) is 0 Å². The monoisotopic (exact) mass is 395 g/mol. The number of amides is 3. The summed E-state index contributed by atoms with van der Waals surface area (Å²) in [5.41, 5.74) is 5.04. The third-order valence-corrected chi connectivity index (χ3v) is 5.04. The van der Waals surface area contributed by atoms with Gasteiger partial charge in [0.25, 0.3) is 0 Å². The molecule has 1 aromatic carbocycles. The molecule has 2 aromatic rings. The molecule has 2 N–H and O–H groups in total. The van der Waals surface area contributed by atoms with Gasteiger partial charge < -0.3 is 15.5 Å². The molecule has 3 rings (SSSR count). The van der Waals surface area contributed by atoms with Crippen molar-refractivity contribution in [2.75, 3.05) is 31.5 Å². The van der Waals surface area contributed by atoms with E-state index in [-0.39, 0.29) is 11.9 Å². The van der Waals surface area contributed by atoms with Gasteiger partial charge in [0.1, 0.15) is 0 Å². The molecule has 1 fully saturated rings. The Balaban J connectivity index is 1.53. The second-order valence-electron chi connectivity index (χ2n) is 7.61. The summed E-state index contributed by atoms with van der Waals surface area (Å²) >= 11 is 0. The summed E-state index contributed by atoms with van der Waals surface area (Å²) in [6.07, 6.45) is 1.64. The molecule has 2 heterocycles. The lowest BCUT2D eigenvalue weighted by Crippen LogP contribution is -2.47. The maximum Gasteiger partial charge on any atom is 0.319 e. The fraction of sp³-hybridized carbons (Fsp3) is 0.409. The van der Waals surface area contributed by atoms with Crippen molar-refractivity contribution in [2.24, 2.45) is 0 Å². The van der Waals surface area contributed by atoms with E-state index < -0.39 is 0 Å². The molecular weight excluding hydrogens is 366 g/mol. The van der Waals surface area contributed by atoms with E-state index in [4.69, 9.17) is 0 Å². The number of carbonyl (C=O) groups is 2. The minimum absolute atomic E-state index is 0.147. The SMILES string of the molecule is CC(=O)N1CCN(Cc2cc(C)cc(CNC(=O)Nc3ccc(C)nc3)c2)CC1. The number of pyridine rings is 1. The van der Waals surface area contributed by atoms with E-state index in [0.717, 1.165) is 44.0 Å². The van der Waals surface area contributed by atoms with Crippen LogP contribution in [0.15, 0.2) is 36.5 Å². The van der Waals surface area contributed by atoms with Crippen molar-refractivity contribution in [3.63, 3.8) is 0 Å². The summed E-state index contributed by atoms with van der Waals surface area (Å²) in [6.45, 7) is 10.2. The molecule has 7 heteroatoms. The number of carbonyl (C=O) groups excluding carboxylic acids is 2. The summed E-state index contributed by atoms with van der Waals surface area (Å²) in [7, 11) is 0. The molecule has 1 aliphatic heterocycles. The largest absolute Gasteiger partial charge is 0.340 e. The summed E-state index contributed by atoms with van der Waals surface area (Å²) in [4.78, 5) is 32.1. The van der Waals surface area contributed by atoms with Gasteiger partial charge >= 0.3 is 6.03 Å². The number of piperazine rings is 1. The molecule has 1 aromatic heterocycles. The summed E-state index contributed by atoms with van der Waals surface area (Å²) < 4.78 is 0. The van der Waals surface area contributed by atoms with Gasteiger partial charge in [0.2, 0.25) is 5.91 Å². The minimum atomic E-state index is -0.251. The van der Waals surface area contributed by atoms with Crippen LogP contribution in [-0.2, 0) is 17.9 Å². The van der Waals surface area contributed by atoms with Crippen molar-refractivity contribution in [3.05, 3.63) is 58.9 Å². The molecule has 154 valence electrons. The quantitative estimate of drug-likeness (QED) is 0.816. The first kappa shape index (κ1) is 20.8. The van der Waals surface area contributed by atoms with E-state index in [1.165, 1.54) is 11.1 Å². The van der Waals surface area contributed by atoms with E-state index in [0.29, 0.717) is 12.2 Å². The van der Waals surface area contributed by atoms with Gasteiger partial charge in [0.05, 0.1) is 11.9 Å². The molecule has 0 unspecified atom stereocenters. The molecule has 7 nitrogen and oxygen atoms in total. The second kappa shape index (κ2) is 9.52. The first-order chi connectivity index (χ1) is 13.9. The fourth-order valence-electron chi connectivity index (χ4n) is 3.52. The van der Waals surface area contributed by atoms with Gasteiger partial charge in [0.15, 0.2) is 0 Å². The number of aromatic nitrogens is 1. The number of nitrogens with zero attached hydrogens (tertiary/aromatic N) is 3. The Morgan fingerprint density at radius 2 is 1.76 bits per heavy atom. The van der Waals surface area contributed by atoms with Crippen LogP contribution in [0.3, 0.4) is 0 Å². The number of anilines is 1. The van der Waals surface area contributed by atoms with Gasteiger partial charge in [-0.1, -0.05) is 23.8 Å². The molecule has 0 aliphatic carbocycles. The maximum atomic E-state index is 12.2. The molecule has 1 aliphatic rings. The number of aryl methyl sites for hydroxylation is 2. The molecule has 0 saturated carbocycles. The lowest BCUT2D eigenvalue weighted by molar-refractivity contribution is -0.130. The first-order valence-corrected chi connectivity index (χ1v) is 9.94. The van der Waals surface area contributed by atoms with Crippen LogP contribution in [0.4, 0.5) is 10.5 Å². The van der Waals surface area contributed by atoms with E-state index in [9.17, 15) is 9.59 Å². The van der Waals surface area contributed by atoms with Gasteiger partial charge in [-0.05, 0) is 37.1 Å². The molecule has 0 bridgehead atoms. The Kier molecular flexibility index (Phi) is 6.82. The third-order valence-electron chi connectivity index (χ3n) is 5.04. The Morgan fingerprint density at radius 3 is 2.41 bits per heavy atom. The zero-order chi connectivity index (χ0) is 20.8. The number of benzene rings is 1. The molecular formula is C22H29N5O2. The number of rotatable bonds is 5. The normalized spacial score (nSPS) is 14.5. The molecule has 3 amide bonds.